The summed E-state index contributed by atoms with van der Waals surface area (Å²) in [6.45, 7) is 1.57. The molecule has 0 amide bonds. The maximum Gasteiger partial charge on any atom is 0.141 e. The molecule has 3 heterocycles. The lowest BCUT2D eigenvalue weighted by atomic mass is 10.0. The summed E-state index contributed by atoms with van der Waals surface area (Å²) in [7, 11) is 0. The van der Waals surface area contributed by atoms with Crippen molar-refractivity contribution < 1.29 is 4.39 Å². The van der Waals surface area contributed by atoms with Crippen molar-refractivity contribution in [3.05, 3.63) is 41.4 Å². The van der Waals surface area contributed by atoms with Crippen LogP contribution in [0.5, 0.6) is 0 Å². The van der Waals surface area contributed by atoms with Gasteiger partial charge in [-0.15, -0.1) is 11.3 Å². The Morgan fingerprint density at radius 1 is 1.25 bits per heavy atom. The molecule has 0 N–H and O–H groups in total. The van der Waals surface area contributed by atoms with E-state index in [-0.39, 0.29) is 6.54 Å². The number of halogens is 1. The summed E-state index contributed by atoms with van der Waals surface area (Å²) in [5.74, 6) is 0.834. The van der Waals surface area contributed by atoms with Crippen LogP contribution in [0.3, 0.4) is 0 Å². The van der Waals surface area contributed by atoms with E-state index in [0.717, 1.165) is 24.3 Å². The van der Waals surface area contributed by atoms with Crippen LogP contribution in [-0.4, -0.2) is 37.9 Å². The first kappa shape index (κ1) is 15.7. The van der Waals surface area contributed by atoms with Crippen molar-refractivity contribution in [3.8, 4) is 0 Å². The molecule has 1 aliphatic rings. The van der Waals surface area contributed by atoms with Crippen molar-refractivity contribution in [1.82, 2.24) is 24.6 Å². The first-order valence-electron chi connectivity index (χ1n) is 8.37. The Morgan fingerprint density at radius 2 is 2.17 bits per heavy atom. The van der Waals surface area contributed by atoms with E-state index in [1.165, 1.54) is 28.9 Å². The first-order chi connectivity index (χ1) is 11.8. The smallest absolute Gasteiger partial charge is 0.141 e. The monoisotopic (exact) mass is 345 g/mol. The normalized spacial score (nSPS) is 19.1. The second kappa shape index (κ2) is 6.94. The minimum atomic E-state index is -0.419. The van der Waals surface area contributed by atoms with Crippen molar-refractivity contribution in [2.75, 3.05) is 13.2 Å². The molecule has 0 spiro atoms. The maximum absolute atomic E-state index is 12.7. The molecule has 1 saturated heterocycles. The van der Waals surface area contributed by atoms with Crippen molar-refractivity contribution in [3.63, 3.8) is 0 Å². The van der Waals surface area contributed by atoms with E-state index in [1.807, 2.05) is 6.07 Å². The van der Waals surface area contributed by atoms with Crippen molar-refractivity contribution in [2.45, 2.75) is 38.4 Å². The van der Waals surface area contributed by atoms with Crippen molar-refractivity contribution in [1.29, 1.82) is 0 Å². The van der Waals surface area contributed by atoms with Crippen molar-refractivity contribution in [2.24, 2.45) is 0 Å². The lowest BCUT2D eigenvalue weighted by Crippen LogP contribution is -2.34. The molecule has 1 fully saturated rings. The predicted octanol–water partition coefficient (Wildman–Crippen LogP) is 3.58. The number of fused-ring (bicyclic) bond motifs is 1. The Kier molecular flexibility index (Phi) is 4.53. The Hall–Kier alpha value is -1.86. The minimum Gasteiger partial charge on any atom is -0.287 e. The summed E-state index contributed by atoms with van der Waals surface area (Å²) < 4.78 is 15.6. The quantitative estimate of drug-likeness (QED) is 0.709. The fraction of sp³-hybridized carbons (Fsp3) is 0.471. The number of benzene rings is 1. The van der Waals surface area contributed by atoms with Gasteiger partial charge in [0.2, 0.25) is 0 Å². The highest BCUT2D eigenvalue weighted by atomic mass is 32.1. The Morgan fingerprint density at radius 3 is 3.04 bits per heavy atom. The highest BCUT2D eigenvalue weighted by Gasteiger charge is 2.27. The topological polar surface area (TPSA) is 46.8 Å². The lowest BCUT2D eigenvalue weighted by Gasteiger charge is -2.34. The number of rotatable bonds is 5. The molecular formula is C17H20FN5S. The van der Waals surface area contributed by atoms with Gasteiger partial charge in [-0.1, -0.05) is 18.6 Å². The zero-order chi connectivity index (χ0) is 16.4. The zero-order valence-corrected chi connectivity index (χ0v) is 14.3. The average Bonchev–Trinajstić information content (AvgIpc) is 3.22. The van der Waals surface area contributed by atoms with Crippen LogP contribution in [-0.2, 0) is 13.1 Å². The van der Waals surface area contributed by atoms with Gasteiger partial charge in [0.1, 0.15) is 23.8 Å². The molecule has 1 unspecified atom stereocenters. The average molecular weight is 345 g/mol. The van der Waals surface area contributed by atoms with Crippen LogP contribution in [0.1, 0.15) is 36.1 Å². The van der Waals surface area contributed by atoms with Crippen LogP contribution in [0.25, 0.3) is 10.2 Å². The number of para-hydroxylation sites is 1. The Bertz CT molecular complexity index is 781. The molecule has 24 heavy (non-hydrogen) atoms. The van der Waals surface area contributed by atoms with Gasteiger partial charge in [0.15, 0.2) is 0 Å². The van der Waals surface area contributed by atoms with Crippen molar-refractivity contribution >= 4 is 21.6 Å². The second-order valence-electron chi connectivity index (χ2n) is 6.09. The minimum absolute atomic E-state index is 0.273. The fourth-order valence-electron chi connectivity index (χ4n) is 3.35. The SMILES string of the molecule is FCCn1ncnc1CN1CCCCC1c1nc2ccccc2s1. The van der Waals surface area contributed by atoms with Crippen LogP contribution >= 0.6 is 11.3 Å². The molecule has 0 bridgehead atoms. The number of hydrogen-bond acceptors (Lipinski definition) is 5. The van der Waals surface area contributed by atoms with E-state index in [2.05, 4.69) is 33.2 Å². The van der Waals surface area contributed by atoms with Gasteiger partial charge in [0.25, 0.3) is 0 Å². The molecule has 0 saturated carbocycles. The number of hydrogen-bond donors (Lipinski definition) is 0. The summed E-state index contributed by atoms with van der Waals surface area (Å²) in [6.07, 6.45) is 5.02. The number of thiazole rings is 1. The predicted molar refractivity (Wildman–Crippen MR) is 92.6 cm³/mol. The second-order valence-corrected chi connectivity index (χ2v) is 7.15. The summed E-state index contributed by atoms with van der Waals surface area (Å²) in [4.78, 5) is 11.6. The van der Waals surface area contributed by atoms with E-state index in [4.69, 9.17) is 4.98 Å². The third-order valence-electron chi connectivity index (χ3n) is 4.55. The first-order valence-corrected chi connectivity index (χ1v) is 9.19. The standard InChI is InChI=1S/C17H20FN5S/c18-8-10-23-16(19-12-20-23)11-22-9-4-3-6-14(22)17-21-13-5-1-2-7-15(13)24-17/h1-2,5,7,12,14H,3-4,6,8-11H2. The van der Waals surface area contributed by atoms with Gasteiger partial charge in [-0.2, -0.15) is 5.10 Å². The number of aromatic nitrogens is 4. The third kappa shape index (κ3) is 3.06. The van der Waals surface area contributed by atoms with Crippen LogP contribution in [0, 0.1) is 0 Å². The largest absolute Gasteiger partial charge is 0.287 e. The summed E-state index contributed by atoms with van der Waals surface area (Å²) >= 11 is 1.78. The third-order valence-corrected chi connectivity index (χ3v) is 5.68. The lowest BCUT2D eigenvalue weighted by molar-refractivity contribution is 0.134. The number of piperidine rings is 1. The van der Waals surface area contributed by atoms with Gasteiger partial charge < -0.3 is 0 Å². The zero-order valence-electron chi connectivity index (χ0n) is 13.4. The van der Waals surface area contributed by atoms with Crippen LogP contribution in [0.2, 0.25) is 0 Å². The van der Waals surface area contributed by atoms with E-state index in [1.54, 1.807) is 16.0 Å². The number of likely N-dealkylation sites (tertiary alicyclic amines) is 1. The molecular weight excluding hydrogens is 325 g/mol. The molecule has 4 rings (SSSR count). The molecule has 0 radical (unpaired) electrons. The Balaban J connectivity index is 1.59. The highest BCUT2D eigenvalue weighted by molar-refractivity contribution is 7.18. The van der Waals surface area contributed by atoms with Gasteiger partial charge >= 0.3 is 0 Å². The van der Waals surface area contributed by atoms with E-state index < -0.39 is 6.67 Å². The molecule has 1 aliphatic heterocycles. The van der Waals surface area contributed by atoms with Gasteiger partial charge in [-0.3, -0.25) is 4.90 Å². The molecule has 7 heteroatoms. The maximum atomic E-state index is 12.7. The van der Waals surface area contributed by atoms with Gasteiger partial charge in [0, 0.05) is 0 Å². The number of aryl methyl sites for hydroxylation is 1. The van der Waals surface area contributed by atoms with Gasteiger partial charge in [0.05, 0.1) is 29.3 Å². The van der Waals surface area contributed by atoms with Crippen LogP contribution in [0.4, 0.5) is 4.39 Å². The summed E-state index contributed by atoms with van der Waals surface area (Å²) in [6, 6.07) is 8.60. The molecule has 3 aromatic rings. The molecule has 0 aliphatic carbocycles. The molecule has 5 nitrogen and oxygen atoms in total. The van der Waals surface area contributed by atoms with Crippen LogP contribution in [0.15, 0.2) is 30.6 Å². The molecule has 2 aromatic heterocycles. The summed E-state index contributed by atoms with van der Waals surface area (Å²) in [5, 5.41) is 5.30. The van der Waals surface area contributed by atoms with E-state index in [9.17, 15) is 4.39 Å². The number of alkyl halides is 1. The number of nitrogens with zero attached hydrogens (tertiary/aromatic N) is 5. The van der Waals surface area contributed by atoms with E-state index in [0.29, 0.717) is 12.6 Å². The molecule has 1 aromatic carbocycles. The fourth-order valence-corrected chi connectivity index (χ4v) is 4.49. The Labute approximate surface area is 144 Å². The molecule has 1 atom stereocenters. The summed E-state index contributed by atoms with van der Waals surface area (Å²) in [5.41, 5.74) is 1.07. The van der Waals surface area contributed by atoms with Gasteiger partial charge in [-0.25, -0.2) is 19.0 Å². The van der Waals surface area contributed by atoms with E-state index >= 15 is 0 Å². The molecule has 126 valence electrons. The highest BCUT2D eigenvalue weighted by Crippen LogP contribution is 2.36. The van der Waals surface area contributed by atoms with Gasteiger partial charge in [-0.05, 0) is 31.5 Å². The van der Waals surface area contributed by atoms with Crippen LogP contribution < -0.4 is 0 Å².